The molecular weight excluding hydrogens is 288 g/mol. The molecule has 2 aromatic rings. The van der Waals surface area contributed by atoms with E-state index in [1.54, 1.807) is 7.05 Å². The number of aromatic nitrogens is 2. The molecule has 0 saturated carbocycles. The Morgan fingerprint density at radius 2 is 2.13 bits per heavy atom. The first-order valence-electron chi connectivity index (χ1n) is 8.23. The molecular formula is C18H24N4O. The number of carbonyl (C=O) groups is 1. The van der Waals surface area contributed by atoms with Crippen LogP contribution in [-0.2, 0) is 13.1 Å². The molecule has 1 aromatic carbocycles. The monoisotopic (exact) mass is 312 g/mol. The van der Waals surface area contributed by atoms with E-state index in [-0.39, 0.29) is 5.91 Å². The summed E-state index contributed by atoms with van der Waals surface area (Å²) in [6, 6.07) is 7.74. The average molecular weight is 312 g/mol. The number of carbonyl (C=O) groups excluding carboxylic acids is 1. The van der Waals surface area contributed by atoms with Gasteiger partial charge in [0.25, 0.3) is 5.91 Å². The summed E-state index contributed by atoms with van der Waals surface area (Å²) in [4.78, 5) is 16.2. The Kier molecular flexibility index (Phi) is 4.76. The molecule has 2 heterocycles. The molecule has 0 radical (unpaired) electrons. The van der Waals surface area contributed by atoms with Gasteiger partial charge in [-0.05, 0) is 37.5 Å². The molecule has 0 unspecified atom stereocenters. The normalized spacial score (nSPS) is 16.9. The Morgan fingerprint density at radius 1 is 1.35 bits per heavy atom. The third-order valence-electron chi connectivity index (χ3n) is 4.41. The van der Waals surface area contributed by atoms with E-state index in [1.807, 2.05) is 24.3 Å². The van der Waals surface area contributed by atoms with Crippen molar-refractivity contribution in [3.63, 3.8) is 0 Å². The van der Waals surface area contributed by atoms with Crippen molar-refractivity contribution in [2.75, 3.05) is 13.6 Å². The first-order valence-corrected chi connectivity index (χ1v) is 8.23. The van der Waals surface area contributed by atoms with Crippen molar-refractivity contribution in [3.05, 3.63) is 53.1 Å². The van der Waals surface area contributed by atoms with Gasteiger partial charge < -0.3 is 15.2 Å². The maximum absolute atomic E-state index is 11.5. The van der Waals surface area contributed by atoms with Crippen LogP contribution in [0.4, 0.5) is 0 Å². The number of imidazole rings is 1. The summed E-state index contributed by atoms with van der Waals surface area (Å²) < 4.78 is 2.29. The third-order valence-corrected chi connectivity index (χ3v) is 4.41. The van der Waals surface area contributed by atoms with Gasteiger partial charge in [0, 0.05) is 44.4 Å². The van der Waals surface area contributed by atoms with Crippen LogP contribution < -0.4 is 10.6 Å². The summed E-state index contributed by atoms with van der Waals surface area (Å²) in [6.07, 6.45) is 4.56. The van der Waals surface area contributed by atoms with E-state index in [1.165, 1.54) is 24.2 Å². The van der Waals surface area contributed by atoms with Crippen LogP contribution in [0.25, 0.3) is 0 Å². The topological polar surface area (TPSA) is 59.0 Å². The molecule has 0 saturated heterocycles. The van der Waals surface area contributed by atoms with Crippen molar-refractivity contribution in [2.45, 2.75) is 38.8 Å². The van der Waals surface area contributed by atoms with Gasteiger partial charge in [-0.1, -0.05) is 12.1 Å². The lowest BCUT2D eigenvalue weighted by molar-refractivity contribution is 0.0963. The number of hydrogen-bond donors (Lipinski definition) is 2. The fourth-order valence-corrected chi connectivity index (χ4v) is 3.21. The molecule has 3 rings (SSSR count). The molecule has 1 aromatic heterocycles. The molecule has 0 fully saturated rings. The number of aryl methyl sites for hydroxylation is 2. The Morgan fingerprint density at radius 3 is 2.87 bits per heavy atom. The van der Waals surface area contributed by atoms with Crippen LogP contribution in [-0.4, -0.2) is 29.1 Å². The third kappa shape index (κ3) is 3.62. The lowest BCUT2D eigenvalue weighted by Crippen LogP contribution is -2.26. The second kappa shape index (κ2) is 6.96. The van der Waals surface area contributed by atoms with E-state index >= 15 is 0 Å². The van der Waals surface area contributed by atoms with E-state index < -0.39 is 0 Å². The predicted molar refractivity (Wildman–Crippen MR) is 90.5 cm³/mol. The van der Waals surface area contributed by atoms with Crippen LogP contribution in [0, 0.1) is 6.92 Å². The Bertz CT molecular complexity index is 675. The van der Waals surface area contributed by atoms with E-state index in [4.69, 9.17) is 0 Å². The van der Waals surface area contributed by atoms with Gasteiger partial charge in [0.05, 0.1) is 5.69 Å². The highest BCUT2D eigenvalue weighted by molar-refractivity contribution is 5.93. The molecule has 122 valence electrons. The van der Waals surface area contributed by atoms with Gasteiger partial charge in [-0.15, -0.1) is 0 Å². The van der Waals surface area contributed by atoms with E-state index in [0.717, 1.165) is 25.3 Å². The van der Waals surface area contributed by atoms with Crippen molar-refractivity contribution >= 4 is 5.91 Å². The molecule has 2 N–H and O–H groups in total. The highest BCUT2D eigenvalue weighted by Crippen LogP contribution is 2.26. The number of rotatable bonds is 5. The minimum Gasteiger partial charge on any atom is -0.355 e. The predicted octanol–water partition coefficient (Wildman–Crippen LogP) is 2.22. The molecule has 5 nitrogen and oxygen atoms in total. The van der Waals surface area contributed by atoms with Crippen molar-refractivity contribution in [3.8, 4) is 0 Å². The number of fused-ring (bicyclic) bond motifs is 1. The standard InChI is InChI=1S/C18H24N4O/c1-13-12-22-9-3-4-16(17(22)21-13)11-20-10-14-5-7-15(8-6-14)18(23)19-2/h5-8,12,16,20H,3-4,9-11H2,1-2H3,(H,19,23)/t16-/m0/s1. The van der Waals surface area contributed by atoms with Gasteiger partial charge in [0.2, 0.25) is 0 Å². The number of amides is 1. The van der Waals surface area contributed by atoms with Crippen LogP contribution in [0.1, 0.15) is 46.2 Å². The minimum atomic E-state index is -0.0473. The van der Waals surface area contributed by atoms with Crippen molar-refractivity contribution in [1.82, 2.24) is 20.2 Å². The minimum absolute atomic E-state index is 0.0473. The smallest absolute Gasteiger partial charge is 0.251 e. The second-order valence-electron chi connectivity index (χ2n) is 6.18. The van der Waals surface area contributed by atoms with Crippen LogP contribution >= 0.6 is 0 Å². The van der Waals surface area contributed by atoms with Crippen LogP contribution in [0.15, 0.2) is 30.5 Å². The highest BCUT2D eigenvalue weighted by atomic mass is 16.1. The van der Waals surface area contributed by atoms with Crippen LogP contribution in [0.2, 0.25) is 0 Å². The van der Waals surface area contributed by atoms with Gasteiger partial charge in [-0.25, -0.2) is 4.98 Å². The molecule has 0 bridgehead atoms. The Labute approximate surface area is 137 Å². The lowest BCUT2D eigenvalue weighted by Gasteiger charge is -2.23. The summed E-state index contributed by atoms with van der Waals surface area (Å²) in [5.41, 5.74) is 2.99. The maximum Gasteiger partial charge on any atom is 0.251 e. The largest absolute Gasteiger partial charge is 0.355 e. The zero-order valence-corrected chi connectivity index (χ0v) is 13.8. The van der Waals surface area contributed by atoms with Crippen molar-refractivity contribution in [1.29, 1.82) is 0 Å². The molecule has 5 heteroatoms. The molecule has 0 aliphatic carbocycles. The average Bonchev–Trinajstić information content (AvgIpc) is 2.96. The highest BCUT2D eigenvalue weighted by Gasteiger charge is 2.21. The Hall–Kier alpha value is -2.14. The molecule has 23 heavy (non-hydrogen) atoms. The number of nitrogens with one attached hydrogen (secondary N) is 2. The van der Waals surface area contributed by atoms with Gasteiger partial charge in [0.1, 0.15) is 5.82 Å². The first kappa shape index (κ1) is 15.7. The van der Waals surface area contributed by atoms with Crippen LogP contribution in [0.5, 0.6) is 0 Å². The van der Waals surface area contributed by atoms with Crippen molar-refractivity contribution in [2.24, 2.45) is 0 Å². The SMILES string of the molecule is CNC(=O)c1ccc(CNC[C@@H]2CCCn3cc(C)nc32)cc1. The molecule has 1 atom stereocenters. The lowest BCUT2D eigenvalue weighted by atomic mass is 9.99. The van der Waals surface area contributed by atoms with Gasteiger partial charge in [-0.3, -0.25) is 4.79 Å². The summed E-state index contributed by atoms with van der Waals surface area (Å²) in [5, 5.41) is 6.16. The van der Waals surface area contributed by atoms with Gasteiger partial charge in [-0.2, -0.15) is 0 Å². The second-order valence-corrected chi connectivity index (χ2v) is 6.18. The molecule has 1 amide bonds. The summed E-state index contributed by atoms with van der Waals surface area (Å²) in [5.74, 6) is 1.66. The number of benzene rings is 1. The molecule has 0 spiro atoms. The summed E-state index contributed by atoms with van der Waals surface area (Å²) >= 11 is 0. The fraction of sp³-hybridized carbons (Fsp3) is 0.444. The van der Waals surface area contributed by atoms with Gasteiger partial charge in [0.15, 0.2) is 0 Å². The zero-order valence-electron chi connectivity index (χ0n) is 13.8. The summed E-state index contributed by atoms with van der Waals surface area (Å²) in [6.45, 7) is 4.90. The van der Waals surface area contributed by atoms with Crippen molar-refractivity contribution < 1.29 is 4.79 Å². The quantitative estimate of drug-likeness (QED) is 0.890. The van der Waals surface area contributed by atoms with Crippen LogP contribution in [0.3, 0.4) is 0 Å². The zero-order chi connectivity index (χ0) is 16.2. The van der Waals surface area contributed by atoms with E-state index in [9.17, 15) is 4.79 Å². The van der Waals surface area contributed by atoms with E-state index in [0.29, 0.717) is 11.5 Å². The number of hydrogen-bond acceptors (Lipinski definition) is 3. The number of nitrogens with zero attached hydrogens (tertiary/aromatic N) is 2. The molecule has 1 aliphatic heterocycles. The maximum atomic E-state index is 11.5. The summed E-state index contributed by atoms with van der Waals surface area (Å²) in [7, 11) is 1.65. The Balaban J connectivity index is 1.55. The van der Waals surface area contributed by atoms with Gasteiger partial charge >= 0.3 is 0 Å². The first-order chi connectivity index (χ1) is 11.2. The van der Waals surface area contributed by atoms with E-state index in [2.05, 4.69) is 33.3 Å². The fourth-order valence-electron chi connectivity index (χ4n) is 3.21. The molecule has 1 aliphatic rings.